The first-order chi connectivity index (χ1) is 8.03. The molecule has 0 aromatic heterocycles. The number of guanidine groups is 1. The molecule has 6 heteroatoms. The average molecular weight is 261 g/mol. The standard InChI is InChI=1S/C11H23N3O2S/c1-2-17(15,16)9-8-13-11(12)14-10-6-4-3-5-7-10/h10H,2-9H2,1H3,(H3,12,13,14). The molecule has 0 atom stereocenters. The van der Waals surface area contributed by atoms with Crippen molar-refractivity contribution < 1.29 is 8.42 Å². The first-order valence-electron chi connectivity index (χ1n) is 6.30. The second-order valence-corrected chi connectivity index (χ2v) is 6.96. The predicted octanol–water partition coefficient (Wildman–Crippen LogP) is 0.658. The van der Waals surface area contributed by atoms with Crippen LogP contribution in [0.4, 0.5) is 0 Å². The lowest BCUT2D eigenvalue weighted by molar-refractivity contribution is 0.412. The van der Waals surface area contributed by atoms with Crippen LogP contribution in [0.3, 0.4) is 0 Å². The highest BCUT2D eigenvalue weighted by atomic mass is 32.2. The van der Waals surface area contributed by atoms with Crippen molar-refractivity contribution in [2.45, 2.75) is 45.1 Å². The highest BCUT2D eigenvalue weighted by Gasteiger charge is 2.13. The molecule has 5 nitrogen and oxygen atoms in total. The molecule has 0 amide bonds. The molecule has 1 aliphatic rings. The minimum atomic E-state index is -2.94. The summed E-state index contributed by atoms with van der Waals surface area (Å²) in [6, 6.07) is 0.412. The Bertz CT molecular complexity index is 346. The summed E-state index contributed by atoms with van der Waals surface area (Å²) in [4.78, 5) is 4.06. The lowest BCUT2D eigenvalue weighted by atomic mass is 9.96. The van der Waals surface area contributed by atoms with E-state index in [1.807, 2.05) is 0 Å². The first kappa shape index (κ1) is 14.3. The van der Waals surface area contributed by atoms with Gasteiger partial charge in [0.25, 0.3) is 0 Å². The SMILES string of the molecule is CCS(=O)(=O)CCN=C(N)NC1CCCCC1. The minimum Gasteiger partial charge on any atom is -0.370 e. The summed E-state index contributed by atoms with van der Waals surface area (Å²) in [6.45, 7) is 1.89. The molecule has 1 saturated carbocycles. The van der Waals surface area contributed by atoms with Crippen molar-refractivity contribution in [3.05, 3.63) is 0 Å². The van der Waals surface area contributed by atoms with E-state index in [4.69, 9.17) is 5.73 Å². The second-order valence-electron chi connectivity index (χ2n) is 4.48. The van der Waals surface area contributed by atoms with E-state index in [9.17, 15) is 8.42 Å². The van der Waals surface area contributed by atoms with Crippen molar-refractivity contribution in [1.29, 1.82) is 0 Å². The van der Waals surface area contributed by atoms with E-state index in [-0.39, 0.29) is 18.1 Å². The molecule has 0 saturated heterocycles. The third kappa shape index (κ3) is 5.91. The third-order valence-electron chi connectivity index (χ3n) is 3.08. The van der Waals surface area contributed by atoms with E-state index in [1.54, 1.807) is 6.92 Å². The topological polar surface area (TPSA) is 84.5 Å². The van der Waals surface area contributed by atoms with Crippen LogP contribution in [-0.2, 0) is 9.84 Å². The van der Waals surface area contributed by atoms with Crippen molar-refractivity contribution in [1.82, 2.24) is 5.32 Å². The van der Waals surface area contributed by atoms with E-state index in [1.165, 1.54) is 19.3 Å². The number of nitrogens with two attached hydrogens (primary N) is 1. The summed E-state index contributed by atoms with van der Waals surface area (Å²) in [7, 11) is -2.94. The minimum absolute atomic E-state index is 0.0799. The van der Waals surface area contributed by atoms with Crippen LogP contribution in [-0.4, -0.2) is 38.5 Å². The number of hydrogen-bond acceptors (Lipinski definition) is 3. The number of rotatable bonds is 5. The number of aliphatic imine (C=N–C) groups is 1. The zero-order chi connectivity index (χ0) is 12.7. The molecule has 1 fully saturated rings. The van der Waals surface area contributed by atoms with Crippen molar-refractivity contribution in [2.24, 2.45) is 10.7 Å². The molecule has 0 unspecified atom stereocenters. The molecule has 0 aliphatic heterocycles. The van der Waals surface area contributed by atoms with E-state index in [2.05, 4.69) is 10.3 Å². The molecule has 1 aliphatic carbocycles. The van der Waals surface area contributed by atoms with Crippen molar-refractivity contribution in [3.63, 3.8) is 0 Å². The molecule has 0 spiro atoms. The summed E-state index contributed by atoms with van der Waals surface area (Å²) in [5.41, 5.74) is 5.72. The Morgan fingerprint density at radius 3 is 2.59 bits per heavy atom. The summed E-state index contributed by atoms with van der Waals surface area (Å²) in [5.74, 6) is 0.623. The van der Waals surface area contributed by atoms with Crippen molar-refractivity contribution >= 4 is 15.8 Å². The van der Waals surface area contributed by atoms with Gasteiger partial charge >= 0.3 is 0 Å². The van der Waals surface area contributed by atoms with Gasteiger partial charge in [-0.2, -0.15) is 0 Å². The number of nitrogens with zero attached hydrogens (tertiary/aromatic N) is 1. The van der Waals surface area contributed by atoms with E-state index >= 15 is 0 Å². The molecular weight excluding hydrogens is 238 g/mol. The highest BCUT2D eigenvalue weighted by Crippen LogP contribution is 2.16. The van der Waals surface area contributed by atoms with Crippen LogP contribution in [0.15, 0.2) is 4.99 Å². The maximum absolute atomic E-state index is 11.2. The van der Waals surface area contributed by atoms with E-state index in [0.717, 1.165) is 12.8 Å². The monoisotopic (exact) mass is 261 g/mol. The Morgan fingerprint density at radius 1 is 1.35 bits per heavy atom. The fraction of sp³-hybridized carbons (Fsp3) is 0.909. The molecule has 0 bridgehead atoms. The predicted molar refractivity (Wildman–Crippen MR) is 70.8 cm³/mol. The second kappa shape index (κ2) is 6.83. The van der Waals surface area contributed by atoms with Gasteiger partial charge in [0.05, 0.1) is 12.3 Å². The van der Waals surface area contributed by atoms with Crippen LogP contribution in [0.2, 0.25) is 0 Å². The summed E-state index contributed by atoms with van der Waals surface area (Å²) in [5, 5.41) is 3.16. The zero-order valence-electron chi connectivity index (χ0n) is 10.5. The van der Waals surface area contributed by atoms with Gasteiger partial charge in [0.2, 0.25) is 0 Å². The van der Waals surface area contributed by atoms with Crippen LogP contribution in [0.5, 0.6) is 0 Å². The molecule has 1 rings (SSSR count). The van der Waals surface area contributed by atoms with Gasteiger partial charge in [-0.25, -0.2) is 8.42 Å². The highest BCUT2D eigenvalue weighted by molar-refractivity contribution is 7.91. The number of hydrogen-bond donors (Lipinski definition) is 2. The summed E-state index contributed by atoms with van der Waals surface area (Å²) >= 11 is 0. The summed E-state index contributed by atoms with van der Waals surface area (Å²) in [6.07, 6.45) is 6.02. The van der Waals surface area contributed by atoms with Crippen molar-refractivity contribution in [2.75, 3.05) is 18.1 Å². The van der Waals surface area contributed by atoms with Crippen LogP contribution >= 0.6 is 0 Å². The molecule has 0 radical (unpaired) electrons. The lowest BCUT2D eigenvalue weighted by Gasteiger charge is -2.23. The Kier molecular flexibility index (Phi) is 5.74. The van der Waals surface area contributed by atoms with Crippen LogP contribution in [0, 0.1) is 0 Å². The first-order valence-corrected chi connectivity index (χ1v) is 8.12. The molecule has 3 N–H and O–H groups in total. The summed E-state index contributed by atoms with van der Waals surface area (Å²) < 4.78 is 22.5. The third-order valence-corrected chi connectivity index (χ3v) is 4.77. The fourth-order valence-electron chi connectivity index (χ4n) is 1.95. The van der Waals surface area contributed by atoms with E-state index in [0.29, 0.717) is 12.0 Å². The van der Waals surface area contributed by atoms with Gasteiger partial charge in [0, 0.05) is 11.8 Å². The quantitative estimate of drug-likeness (QED) is 0.562. The van der Waals surface area contributed by atoms with E-state index < -0.39 is 9.84 Å². The number of sulfone groups is 1. The van der Waals surface area contributed by atoms with Crippen LogP contribution in [0.1, 0.15) is 39.0 Å². The molecule has 0 heterocycles. The van der Waals surface area contributed by atoms with Gasteiger partial charge in [-0.3, -0.25) is 4.99 Å². The van der Waals surface area contributed by atoms with Gasteiger partial charge in [-0.15, -0.1) is 0 Å². The Balaban J connectivity index is 2.29. The van der Waals surface area contributed by atoms with Crippen LogP contribution < -0.4 is 11.1 Å². The van der Waals surface area contributed by atoms with Gasteiger partial charge in [-0.1, -0.05) is 26.2 Å². The molecule has 0 aromatic rings. The van der Waals surface area contributed by atoms with Crippen LogP contribution in [0.25, 0.3) is 0 Å². The normalized spacial score (nSPS) is 19.2. The average Bonchev–Trinajstić information content (AvgIpc) is 2.30. The zero-order valence-corrected chi connectivity index (χ0v) is 11.3. The van der Waals surface area contributed by atoms with Gasteiger partial charge in [-0.05, 0) is 12.8 Å². The lowest BCUT2D eigenvalue weighted by Crippen LogP contribution is -2.41. The van der Waals surface area contributed by atoms with Gasteiger partial charge < -0.3 is 11.1 Å². The molecule has 100 valence electrons. The Labute approximate surface area is 104 Å². The van der Waals surface area contributed by atoms with Gasteiger partial charge in [0.1, 0.15) is 0 Å². The molecular formula is C11H23N3O2S. The number of nitrogens with one attached hydrogen (secondary N) is 1. The smallest absolute Gasteiger partial charge is 0.188 e. The van der Waals surface area contributed by atoms with Gasteiger partial charge in [0.15, 0.2) is 15.8 Å². The maximum Gasteiger partial charge on any atom is 0.188 e. The molecule has 0 aromatic carbocycles. The fourth-order valence-corrected chi connectivity index (χ4v) is 2.61. The maximum atomic E-state index is 11.2. The Hall–Kier alpha value is -0.780. The van der Waals surface area contributed by atoms with Crippen molar-refractivity contribution in [3.8, 4) is 0 Å². The molecule has 17 heavy (non-hydrogen) atoms. The Morgan fingerprint density at radius 2 is 2.00 bits per heavy atom. The largest absolute Gasteiger partial charge is 0.370 e.